The van der Waals surface area contributed by atoms with Gasteiger partial charge >= 0.3 is 0 Å². The second-order valence-electron chi connectivity index (χ2n) is 4.91. The molecule has 104 valence electrons. The highest BCUT2D eigenvalue weighted by Gasteiger charge is 2.27. The zero-order valence-electron chi connectivity index (χ0n) is 11.8. The molecule has 0 radical (unpaired) electrons. The summed E-state index contributed by atoms with van der Waals surface area (Å²) in [6, 6.07) is 10.8. The van der Waals surface area contributed by atoms with Gasteiger partial charge in [0.1, 0.15) is 0 Å². The second-order valence-corrected chi connectivity index (χ2v) is 5.29. The summed E-state index contributed by atoms with van der Waals surface area (Å²) >= 11 is 5.50. The first kappa shape index (κ1) is 14.3. The fraction of sp³-hybridized carbons (Fsp3) is 0.533. The molecule has 0 amide bonds. The third-order valence-corrected chi connectivity index (χ3v) is 4.16. The standard InChI is InChI=1S/C15H23N3S/c1-3-17(4-2)14-10-11-18(12-14)15(19)16-13-8-6-5-7-9-13/h5-9,14H,3-4,10-12H2,1-2H3,(H,16,19). The van der Waals surface area contributed by atoms with E-state index in [0.717, 1.165) is 37.0 Å². The van der Waals surface area contributed by atoms with Gasteiger partial charge < -0.3 is 10.2 Å². The Bertz CT molecular complexity index is 403. The van der Waals surface area contributed by atoms with Crippen molar-refractivity contribution in [2.75, 3.05) is 31.5 Å². The van der Waals surface area contributed by atoms with E-state index in [0.29, 0.717) is 6.04 Å². The van der Waals surface area contributed by atoms with Crippen LogP contribution in [0.3, 0.4) is 0 Å². The van der Waals surface area contributed by atoms with E-state index < -0.39 is 0 Å². The maximum atomic E-state index is 5.50. The van der Waals surface area contributed by atoms with E-state index in [-0.39, 0.29) is 0 Å². The molecule has 3 nitrogen and oxygen atoms in total. The van der Waals surface area contributed by atoms with Gasteiger partial charge in [0, 0.05) is 24.8 Å². The monoisotopic (exact) mass is 277 g/mol. The molecule has 19 heavy (non-hydrogen) atoms. The van der Waals surface area contributed by atoms with Crippen molar-refractivity contribution in [1.82, 2.24) is 9.80 Å². The molecule has 1 N–H and O–H groups in total. The third-order valence-electron chi connectivity index (χ3n) is 3.80. The van der Waals surface area contributed by atoms with Crippen molar-refractivity contribution in [2.24, 2.45) is 0 Å². The largest absolute Gasteiger partial charge is 0.347 e. The summed E-state index contributed by atoms with van der Waals surface area (Å²) in [5, 5.41) is 4.17. The van der Waals surface area contributed by atoms with E-state index in [9.17, 15) is 0 Å². The SMILES string of the molecule is CCN(CC)C1CCN(C(=S)Nc2ccccc2)C1. The highest BCUT2D eigenvalue weighted by atomic mass is 32.1. The van der Waals surface area contributed by atoms with Gasteiger partial charge in [0.25, 0.3) is 0 Å². The van der Waals surface area contributed by atoms with Gasteiger partial charge in [-0.2, -0.15) is 0 Å². The summed E-state index contributed by atoms with van der Waals surface area (Å²) in [5.74, 6) is 0. The predicted molar refractivity (Wildman–Crippen MR) is 85.6 cm³/mol. The molecule has 1 aliphatic rings. The van der Waals surface area contributed by atoms with Gasteiger partial charge in [-0.25, -0.2) is 0 Å². The smallest absolute Gasteiger partial charge is 0.173 e. The van der Waals surface area contributed by atoms with Crippen LogP contribution in [0.5, 0.6) is 0 Å². The number of rotatable bonds is 4. The highest BCUT2D eigenvalue weighted by Crippen LogP contribution is 2.17. The zero-order valence-corrected chi connectivity index (χ0v) is 12.6. The molecule has 0 aromatic heterocycles. The molecule has 2 rings (SSSR count). The molecule has 0 bridgehead atoms. The predicted octanol–water partition coefficient (Wildman–Crippen LogP) is 2.80. The number of para-hydroxylation sites is 1. The molecule has 1 aromatic rings. The van der Waals surface area contributed by atoms with Gasteiger partial charge in [-0.05, 0) is 43.9 Å². The molecule has 1 atom stereocenters. The Labute approximate surface area is 121 Å². The number of nitrogens with zero attached hydrogens (tertiary/aromatic N) is 2. The number of hydrogen-bond donors (Lipinski definition) is 1. The van der Waals surface area contributed by atoms with Crippen molar-refractivity contribution in [2.45, 2.75) is 26.3 Å². The van der Waals surface area contributed by atoms with Crippen molar-refractivity contribution < 1.29 is 0 Å². The van der Waals surface area contributed by atoms with Crippen LogP contribution in [-0.4, -0.2) is 47.1 Å². The number of anilines is 1. The Hall–Kier alpha value is -1.13. The normalized spacial score (nSPS) is 18.9. The molecule has 0 spiro atoms. The number of likely N-dealkylation sites (tertiary alicyclic amines) is 1. The van der Waals surface area contributed by atoms with Crippen molar-refractivity contribution in [3.05, 3.63) is 30.3 Å². The first-order valence-corrected chi connectivity index (χ1v) is 7.50. The zero-order chi connectivity index (χ0) is 13.7. The van der Waals surface area contributed by atoms with E-state index in [1.165, 1.54) is 6.42 Å². The van der Waals surface area contributed by atoms with Crippen LogP contribution in [0.4, 0.5) is 5.69 Å². The van der Waals surface area contributed by atoms with Crippen LogP contribution in [0, 0.1) is 0 Å². The Kier molecular flexibility index (Phi) is 5.16. The molecule has 1 unspecified atom stereocenters. The average Bonchev–Trinajstić information content (AvgIpc) is 2.91. The first-order valence-electron chi connectivity index (χ1n) is 7.09. The maximum Gasteiger partial charge on any atom is 0.173 e. The first-order chi connectivity index (χ1) is 9.24. The minimum Gasteiger partial charge on any atom is -0.347 e. The van der Waals surface area contributed by atoms with Gasteiger partial charge in [0.15, 0.2) is 5.11 Å². The molecule has 1 aliphatic heterocycles. The van der Waals surface area contributed by atoms with E-state index >= 15 is 0 Å². The van der Waals surface area contributed by atoms with Gasteiger partial charge in [0.05, 0.1) is 0 Å². The number of thiocarbonyl (C=S) groups is 1. The fourth-order valence-corrected chi connectivity index (χ4v) is 2.97. The van der Waals surface area contributed by atoms with Crippen LogP contribution in [0.15, 0.2) is 30.3 Å². The van der Waals surface area contributed by atoms with E-state index in [2.05, 4.69) is 29.0 Å². The summed E-state index contributed by atoms with van der Waals surface area (Å²) in [4.78, 5) is 4.80. The topological polar surface area (TPSA) is 18.5 Å². The molecule has 0 saturated carbocycles. The summed E-state index contributed by atoms with van der Waals surface area (Å²) < 4.78 is 0. The third kappa shape index (κ3) is 3.67. The number of benzene rings is 1. The van der Waals surface area contributed by atoms with Crippen LogP contribution in [0.25, 0.3) is 0 Å². The minimum atomic E-state index is 0.644. The van der Waals surface area contributed by atoms with Crippen LogP contribution in [-0.2, 0) is 0 Å². The van der Waals surface area contributed by atoms with Crippen molar-refractivity contribution in [3.63, 3.8) is 0 Å². The van der Waals surface area contributed by atoms with Crippen molar-refractivity contribution >= 4 is 23.0 Å². The molecule has 1 saturated heterocycles. The Morgan fingerprint density at radius 3 is 2.63 bits per heavy atom. The fourth-order valence-electron chi connectivity index (χ4n) is 2.69. The molecule has 1 heterocycles. The second kappa shape index (κ2) is 6.87. The number of nitrogens with one attached hydrogen (secondary N) is 1. The molecule has 1 aromatic carbocycles. The lowest BCUT2D eigenvalue weighted by Crippen LogP contribution is -2.39. The number of hydrogen-bond acceptors (Lipinski definition) is 2. The van der Waals surface area contributed by atoms with Crippen molar-refractivity contribution in [1.29, 1.82) is 0 Å². The Morgan fingerprint density at radius 2 is 2.00 bits per heavy atom. The lowest BCUT2D eigenvalue weighted by molar-refractivity contribution is 0.224. The summed E-state index contributed by atoms with van der Waals surface area (Å²) in [5.41, 5.74) is 1.07. The Morgan fingerprint density at radius 1 is 1.32 bits per heavy atom. The average molecular weight is 277 g/mol. The van der Waals surface area contributed by atoms with E-state index in [1.54, 1.807) is 0 Å². The van der Waals surface area contributed by atoms with E-state index in [4.69, 9.17) is 12.2 Å². The maximum absolute atomic E-state index is 5.50. The molecular weight excluding hydrogens is 254 g/mol. The van der Waals surface area contributed by atoms with Gasteiger partial charge in [0.2, 0.25) is 0 Å². The van der Waals surface area contributed by atoms with Crippen LogP contribution in [0.2, 0.25) is 0 Å². The minimum absolute atomic E-state index is 0.644. The molecular formula is C15H23N3S. The van der Waals surface area contributed by atoms with Gasteiger partial charge in [-0.3, -0.25) is 4.90 Å². The molecule has 4 heteroatoms. The lowest BCUT2D eigenvalue weighted by Gasteiger charge is -2.27. The van der Waals surface area contributed by atoms with Crippen LogP contribution < -0.4 is 5.32 Å². The quantitative estimate of drug-likeness (QED) is 0.853. The van der Waals surface area contributed by atoms with Crippen molar-refractivity contribution in [3.8, 4) is 0 Å². The van der Waals surface area contributed by atoms with Gasteiger partial charge in [-0.1, -0.05) is 32.0 Å². The van der Waals surface area contributed by atoms with Crippen LogP contribution >= 0.6 is 12.2 Å². The lowest BCUT2D eigenvalue weighted by atomic mass is 10.2. The van der Waals surface area contributed by atoms with Gasteiger partial charge in [-0.15, -0.1) is 0 Å². The summed E-state index contributed by atoms with van der Waals surface area (Å²) in [6.45, 7) is 8.79. The highest BCUT2D eigenvalue weighted by molar-refractivity contribution is 7.80. The number of likely N-dealkylation sites (N-methyl/N-ethyl adjacent to an activating group) is 1. The van der Waals surface area contributed by atoms with E-state index in [1.807, 2.05) is 30.3 Å². The summed E-state index contributed by atoms with van der Waals surface area (Å²) in [7, 11) is 0. The molecule has 1 fully saturated rings. The summed E-state index contributed by atoms with van der Waals surface area (Å²) in [6.07, 6.45) is 1.21. The molecule has 0 aliphatic carbocycles. The van der Waals surface area contributed by atoms with Crippen LogP contribution in [0.1, 0.15) is 20.3 Å². The Balaban J connectivity index is 1.88.